The monoisotopic (exact) mass is 330 g/mol. The fourth-order valence-electron chi connectivity index (χ4n) is 3.45. The van der Waals surface area contributed by atoms with Crippen LogP contribution in [0.15, 0.2) is 42.2 Å². The summed E-state index contributed by atoms with van der Waals surface area (Å²) in [7, 11) is 1.74. The topological polar surface area (TPSA) is 53.0 Å². The number of hydrogen-bond acceptors (Lipinski definition) is 4. The van der Waals surface area contributed by atoms with Gasteiger partial charge >= 0.3 is 0 Å². The number of allylic oxidation sites excluding steroid dienone is 1. The summed E-state index contributed by atoms with van der Waals surface area (Å²) in [6.45, 7) is 3.18. The van der Waals surface area contributed by atoms with Gasteiger partial charge in [0, 0.05) is 26.7 Å². The summed E-state index contributed by atoms with van der Waals surface area (Å²) in [6, 6.07) is 10.3. The second-order valence-corrected chi connectivity index (χ2v) is 6.89. The molecule has 0 radical (unpaired) electrons. The van der Waals surface area contributed by atoms with E-state index in [4.69, 9.17) is 4.74 Å². The Bertz CT molecular complexity index is 602. The highest BCUT2D eigenvalue weighted by Crippen LogP contribution is 2.24. The lowest BCUT2D eigenvalue weighted by atomic mass is 10.0. The zero-order chi connectivity index (χ0) is 17.0. The van der Waals surface area contributed by atoms with Crippen molar-refractivity contribution >= 4 is 5.91 Å². The molecule has 1 aromatic rings. The Balaban J connectivity index is 1.54. The maximum Gasteiger partial charge on any atom is 0.288 e. The lowest BCUT2D eigenvalue weighted by Crippen LogP contribution is -2.46. The number of nitrogens with zero attached hydrogens (tertiary/aromatic N) is 2. The number of carbonyl (C=O) groups is 1. The number of hydrogen-bond donors (Lipinski definition) is 1. The van der Waals surface area contributed by atoms with Crippen LogP contribution in [0.3, 0.4) is 0 Å². The van der Waals surface area contributed by atoms with Crippen LogP contribution in [0.5, 0.6) is 0 Å². The van der Waals surface area contributed by atoms with Crippen molar-refractivity contribution in [3.8, 4) is 0 Å². The normalized spacial score (nSPS) is 24.3. The average molecular weight is 330 g/mol. The van der Waals surface area contributed by atoms with E-state index in [0.717, 1.165) is 25.9 Å². The quantitative estimate of drug-likeness (QED) is 0.894. The van der Waals surface area contributed by atoms with E-state index in [0.29, 0.717) is 31.9 Å². The van der Waals surface area contributed by atoms with Gasteiger partial charge < -0.3 is 14.7 Å². The highest BCUT2D eigenvalue weighted by Gasteiger charge is 2.38. The van der Waals surface area contributed by atoms with Gasteiger partial charge in [-0.3, -0.25) is 9.69 Å². The first-order valence-corrected chi connectivity index (χ1v) is 8.63. The van der Waals surface area contributed by atoms with Gasteiger partial charge in [-0.05, 0) is 30.9 Å². The number of carbonyl (C=O) groups excluding carboxylic acids is 1. The van der Waals surface area contributed by atoms with Crippen LogP contribution < -0.4 is 0 Å². The molecule has 1 unspecified atom stereocenters. The Labute approximate surface area is 143 Å². The number of likely N-dealkylation sites (N-methyl/N-ethyl adjacent to an activating group) is 1. The zero-order valence-electron chi connectivity index (χ0n) is 14.3. The van der Waals surface area contributed by atoms with Crippen molar-refractivity contribution in [1.82, 2.24) is 9.80 Å². The molecule has 0 aliphatic carbocycles. The van der Waals surface area contributed by atoms with Crippen molar-refractivity contribution in [2.75, 3.05) is 33.3 Å². The first-order chi connectivity index (χ1) is 11.6. The van der Waals surface area contributed by atoms with Gasteiger partial charge in [0.05, 0.1) is 18.8 Å². The van der Waals surface area contributed by atoms with Crippen LogP contribution in [0, 0.1) is 0 Å². The molecule has 1 atom stereocenters. The van der Waals surface area contributed by atoms with E-state index < -0.39 is 5.60 Å². The number of amides is 1. The van der Waals surface area contributed by atoms with Gasteiger partial charge in [0.2, 0.25) is 0 Å². The molecule has 2 aliphatic rings. The molecule has 1 fully saturated rings. The smallest absolute Gasteiger partial charge is 0.288 e. The SMILES string of the molecule is CN(CC1(O)CCN(Cc2ccccc2)C1)C(=O)C1=CCCCO1. The molecule has 3 rings (SSSR count). The zero-order valence-corrected chi connectivity index (χ0v) is 14.3. The van der Waals surface area contributed by atoms with Gasteiger partial charge in [-0.2, -0.15) is 0 Å². The number of aliphatic hydroxyl groups is 1. The summed E-state index contributed by atoms with van der Waals surface area (Å²) in [6.07, 6.45) is 4.36. The van der Waals surface area contributed by atoms with E-state index >= 15 is 0 Å². The molecular formula is C19H26N2O3. The second kappa shape index (κ2) is 7.36. The predicted molar refractivity (Wildman–Crippen MR) is 92.2 cm³/mol. The third kappa shape index (κ3) is 4.16. The van der Waals surface area contributed by atoms with Crippen molar-refractivity contribution in [3.05, 3.63) is 47.7 Å². The third-order valence-electron chi connectivity index (χ3n) is 4.69. The molecule has 2 aliphatic heterocycles. The van der Waals surface area contributed by atoms with E-state index in [9.17, 15) is 9.90 Å². The average Bonchev–Trinajstić information content (AvgIpc) is 2.96. The number of rotatable bonds is 5. The first-order valence-electron chi connectivity index (χ1n) is 8.63. The molecule has 5 heteroatoms. The number of β-amino-alcohol motifs (C(OH)–C–C–N with tert-alkyl or cyclic N) is 1. The van der Waals surface area contributed by atoms with Crippen molar-refractivity contribution in [3.63, 3.8) is 0 Å². The molecule has 1 saturated heterocycles. The molecule has 2 heterocycles. The molecule has 0 spiro atoms. The Hall–Kier alpha value is -1.85. The first kappa shape index (κ1) is 17.0. The Kier molecular flexibility index (Phi) is 5.21. The molecule has 130 valence electrons. The van der Waals surface area contributed by atoms with Crippen molar-refractivity contribution in [1.29, 1.82) is 0 Å². The van der Waals surface area contributed by atoms with Gasteiger partial charge in [-0.1, -0.05) is 30.3 Å². The lowest BCUT2D eigenvalue weighted by molar-refractivity contribution is -0.133. The minimum atomic E-state index is -0.853. The molecule has 1 aromatic carbocycles. The molecule has 0 saturated carbocycles. The molecule has 0 aromatic heterocycles. The van der Waals surface area contributed by atoms with Gasteiger partial charge in [0.25, 0.3) is 5.91 Å². The van der Waals surface area contributed by atoms with E-state index in [1.54, 1.807) is 11.9 Å². The minimum absolute atomic E-state index is 0.135. The van der Waals surface area contributed by atoms with Crippen LogP contribution in [0.4, 0.5) is 0 Å². The van der Waals surface area contributed by atoms with Gasteiger partial charge in [-0.25, -0.2) is 0 Å². The van der Waals surface area contributed by atoms with E-state index in [1.807, 2.05) is 24.3 Å². The summed E-state index contributed by atoms with van der Waals surface area (Å²) in [4.78, 5) is 16.2. The molecular weight excluding hydrogens is 304 g/mol. The molecule has 1 amide bonds. The summed E-state index contributed by atoms with van der Waals surface area (Å²) in [5, 5.41) is 10.9. The third-order valence-corrected chi connectivity index (χ3v) is 4.69. The highest BCUT2D eigenvalue weighted by molar-refractivity contribution is 5.91. The summed E-state index contributed by atoms with van der Waals surface area (Å²) >= 11 is 0. The molecule has 24 heavy (non-hydrogen) atoms. The maximum absolute atomic E-state index is 12.4. The Morgan fingerprint density at radius 3 is 2.88 bits per heavy atom. The maximum atomic E-state index is 12.4. The van der Waals surface area contributed by atoms with Crippen molar-refractivity contribution < 1.29 is 14.6 Å². The van der Waals surface area contributed by atoms with Crippen LogP contribution in [0.25, 0.3) is 0 Å². The summed E-state index contributed by atoms with van der Waals surface area (Å²) < 4.78 is 5.44. The number of likely N-dealkylation sites (tertiary alicyclic amines) is 1. The predicted octanol–water partition coefficient (Wildman–Crippen LogP) is 1.78. The van der Waals surface area contributed by atoms with Crippen LogP contribution in [0.2, 0.25) is 0 Å². The van der Waals surface area contributed by atoms with Gasteiger partial charge in [0.1, 0.15) is 0 Å². The Morgan fingerprint density at radius 2 is 2.17 bits per heavy atom. The minimum Gasteiger partial charge on any atom is -0.488 e. The second-order valence-electron chi connectivity index (χ2n) is 6.89. The highest BCUT2D eigenvalue weighted by atomic mass is 16.5. The summed E-state index contributed by atoms with van der Waals surface area (Å²) in [5.74, 6) is 0.288. The van der Waals surface area contributed by atoms with Crippen LogP contribution in [0.1, 0.15) is 24.8 Å². The van der Waals surface area contributed by atoms with Crippen LogP contribution >= 0.6 is 0 Å². The van der Waals surface area contributed by atoms with Gasteiger partial charge in [-0.15, -0.1) is 0 Å². The number of ether oxygens (including phenoxy) is 1. The fourth-order valence-corrected chi connectivity index (χ4v) is 3.45. The Morgan fingerprint density at radius 1 is 1.38 bits per heavy atom. The van der Waals surface area contributed by atoms with Crippen molar-refractivity contribution in [2.24, 2.45) is 0 Å². The van der Waals surface area contributed by atoms with Crippen LogP contribution in [-0.2, 0) is 16.1 Å². The van der Waals surface area contributed by atoms with E-state index in [1.165, 1.54) is 5.56 Å². The fraction of sp³-hybridized carbons (Fsp3) is 0.526. The summed E-state index contributed by atoms with van der Waals surface area (Å²) in [5.41, 5.74) is 0.390. The molecule has 0 bridgehead atoms. The lowest BCUT2D eigenvalue weighted by Gasteiger charge is -2.30. The molecule has 5 nitrogen and oxygen atoms in total. The largest absolute Gasteiger partial charge is 0.488 e. The van der Waals surface area contributed by atoms with Gasteiger partial charge in [0.15, 0.2) is 5.76 Å². The molecule has 1 N–H and O–H groups in total. The van der Waals surface area contributed by atoms with E-state index in [-0.39, 0.29) is 5.91 Å². The van der Waals surface area contributed by atoms with Crippen molar-refractivity contribution in [2.45, 2.75) is 31.4 Å². The standard InChI is InChI=1S/C19H26N2O3/c1-20(18(22)17-9-5-6-12-24-17)14-19(23)10-11-21(15-19)13-16-7-3-2-4-8-16/h2-4,7-9,23H,5-6,10-15H2,1H3. The number of benzene rings is 1. The van der Waals surface area contributed by atoms with Crippen LogP contribution in [-0.4, -0.2) is 59.7 Å². The van der Waals surface area contributed by atoms with E-state index in [2.05, 4.69) is 17.0 Å².